The molecule has 1 aromatic carbocycles. The Kier molecular flexibility index (Phi) is 3.96. The van der Waals surface area contributed by atoms with Gasteiger partial charge in [0.25, 0.3) is 0 Å². The van der Waals surface area contributed by atoms with Crippen LogP contribution in [0, 0.1) is 5.82 Å². The molecule has 0 bridgehead atoms. The lowest BCUT2D eigenvalue weighted by Gasteiger charge is -2.24. The highest BCUT2D eigenvalue weighted by atomic mass is 32.2. The molecule has 2 rings (SSSR count). The maximum absolute atomic E-state index is 13.4. The Hall–Kier alpha value is -1.43. The van der Waals surface area contributed by atoms with Crippen molar-refractivity contribution in [2.75, 3.05) is 16.8 Å². The average molecular weight is 271 g/mol. The molecule has 0 amide bonds. The van der Waals surface area contributed by atoms with E-state index in [9.17, 15) is 13.4 Å². The van der Waals surface area contributed by atoms with Crippen LogP contribution in [0.2, 0.25) is 0 Å². The molecule has 1 aromatic rings. The summed E-state index contributed by atoms with van der Waals surface area (Å²) < 4.78 is 24.7. The number of carbonyl (C=O) groups is 1. The van der Waals surface area contributed by atoms with E-state index in [0.717, 1.165) is 6.07 Å². The Bertz CT molecular complexity index is 482. The minimum absolute atomic E-state index is 0.0580. The molecule has 1 aliphatic rings. The van der Waals surface area contributed by atoms with E-state index in [1.807, 2.05) is 0 Å². The molecule has 18 heavy (non-hydrogen) atoms. The number of nitrogens with one attached hydrogen (secondary N) is 1. The number of anilines is 1. The fraction of sp³-hybridized carbons (Fsp3) is 0.417. The van der Waals surface area contributed by atoms with Crippen molar-refractivity contribution in [3.05, 3.63) is 29.6 Å². The van der Waals surface area contributed by atoms with E-state index in [-0.39, 0.29) is 11.6 Å². The summed E-state index contributed by atoms with van der Waals surface area (Å²) in [6, 6.07) is 4.22. The van der Waals surface area contributed by atoms with E-state index in [0.29, 0.717) is 30.0 Å². The van der Waals surface area contributed by atoms with E-state index >= 15 is 0 Å². The highest BCUT2D eigenvalue weighted by Gasteiger charge is 2.21. The number of benzene rings is 1. The third-order valence-electron chi connectivity index (χ3n) is 2.98. The standard InChI is InChI=1S/C12H14FNO3S/c13-9-2-1-3-10(11(9)12(15)16)14-8-4-6-18(17)7-5-8/h1-3,8,14H,4-7H2,(H,15,16). The monoisotopic (exact) mass is 271 g/mol. The highest BCUT2D eigenvalue weighted by molar-refractivity contribution is 7.85. The van der Waals surface area contributed by atoms with Crippen molar-refractivity contribution in [3.63, 3.8) is 0 Å². The van der Waals surface area contributed by atoms with Crippen molar-refractivity contribution in [2.45, 2.75) is 18.9 Å². The number of carboxylic acid groups (broad SMARTS) is 1. The van der Waals surface area contributed by atoms with Crippen molar-refractivity contribution in [1.29, 1.82) is 0 Å². The average Bonchev–Trinajstić information content (AvgIpc) is 2.32. The molecule has 2 N–H and O–H groups in total. The second kappa shape index (κ2) is 5.48. The van der Waals surface area contributed by atoms with Gasteiger partial charge in [0.1, 0.15) is 11.4 Å². The summed E-state index contributed by atoms with van der Waals surface area (Å²) in [4.78, 5) is 11.0. The summed E-state index contributed by atoms with van der Waals surface area (Å²) >= 11 is 0. The largest absolute Gasteiger partial charge is 0.478 e. The van der Waals surface area contributed by atoms with Crippen LogP contribution in [0.15, 0.2) is 18.2 Å². The van der Waals surface area contributed by atoms with Crippen molar-refractivity contribution in [1.82, 2.24) is 0 Å². The van der Waals surface area contributed by atoms with E-state index in [2.05, 4.69) is 5.32 Å². The van der Waals surface area contributed by atoms with Gasteiger partial charge in [-0.2, -0.15) is 0 Å². The Balaban J connectivity index is 2.16. The van der Waals surface area contributed by atoms with Gasteiger partial charge in [-0.1, -0.05) is 6.07 Å². The Morgan fingerprint density at radius 3 is 2.67 bits per heavy atom. The van der Waals surface area contributed by atoms with Crippen LogP contribution in [0.3, 0.4) is 0 Å². The SMILES string of the molecule is O=C(O)c1c(F)cccc1NC1CCS(=O)CC1. The van der Waals surface area contributed by atoms with Gasteiger partial charge in [0, 0.05) is 28.3 Å². The fourth-order valence-electron chi connectivity index (χ4n) is 2.02. The first-order valence-corrected chi connectivity index (χ1v) is 7.20. The second-order valence-corrected chi connectivity index (χ2v) is 5.93. The molecule has 1 saturated heterocycles. The maximum atomic E-state index is 13.4. The van der Waals surface area contributed by atoms with E-state index in [1.165, 1.54) is 6.07 Å². The molecule has 0 saturated carbocycles. The van der Waals surface area contributed by atoms with Gasteiger partial charge in [-0.3, -0.25) is 4.21 Å². The van der Waals surface area contributed by atoms with Gasteiger partial charge in [-0.05, 0) is 25.0 Å². The summed E-state index contributed by atoms with van der Waals surface area (Å²) in [6.45, 7) is 0. The molecule has 0 unspecified atom stereocenters. The first-order valence-electron chi connectivity index (χ1n) is 5.71. The number of aromatic carboxylic acids is 1. The van der Waals surface area contributed by atoms with Gasteiger partial charge in [-0.25, -0.2) is 9.18 Å². The Labute approximate surface area is 107 Å². The lowest BCUT2D eigenvalue weighted by Crippen LogP contribution is -2.30. The number of halogens is 1. The van der Waals surface area contributed by atoms with Crippen LogP contribution in [-0.4, -0.2) is 32.8 Å². The molecule has 4 nitrogen and oxygen atoms in total. The molecule has 0 atom stereocenters. The molecule has 1 aliphatic heterocycles. The van der Waals surface area contributed by atoms with Crippen molar-refractivity contribution >= 4 is 22.5 Å². The Morgan fingerprint density at radius 2 is 2.06 bits per heavy atom. The summed E-state index contributed by atoms with van der Waals surface area (Å²) in [5.74, 6) is -0.813. The van der Waals surface area contributed by atoms with Gasteiger partial charge in [0.05, 0.1) is 5.69 Å². The molecule has 0 radical (unpaired) electrons. The van der Waals surface area contributed by atoms with Crippen molar-refractivity contribution in [2.24, 2.45) is 0 Å². The van der Waals surface area contributed by atoms with Gasteiger partial charge in [0.15, 0.2) is 0 Å². The fourth-order valence-corrected chi connectivity index (χ4v) is 3.32. The minimum atomic E-state index is -1.28. The minimum Gasteiger partial charge on any atom is -0.478 e. The van der Waals surface area contributed by atoms with Gasteiger partial charge in [0.2, 0.25) is 0 Å². The molecule has 6 heteroatoms. The van der Waals surface area contributed by atoms with E-state index in [1.54, 1.807) is 6.07 Å². The topological polar surface area (TPSA) is 66.4 Å². The number of rotatable bonds is 3. The molecular formula is C12H14FNO3S. The molecule has 1 fully saturated rings. The summed E-state index contributed by atoms with van der Waals surface area (Å²) in [5.41, 5.74) is -0.0376. The quantitative estimate of drug-likeness (QED) is 0.880. The van der Waals surface area contributed by atoms with Gasteiger partial charge in [-0.15, -0.1) is 0 Å². The lowest BCUT2D eigenvalue weighted by atomic mass is 10.1. The van der Waals surface area contributed by atoms with E-state index < -0.39 is 22.6 Å². The number of hydrogen-bond acceptors (Lipinski definition) is 3. The van der Waals surface area contributed by atoms with Crippen LogP contribution in [0.1, 0.15) is 23.2 Å². The third-order valence-corrected chi connectivity index (χ3v) is 4.36. The summed E-state index contributed by atoms with van der Waals surface area (Å²) in [5, 5.41) is 12.0. The van der Waals surface area contributed by atoms with Crippen LogP contribution >= 0.6 is 0 Å². The first kappa shape index (κ1) is 13.0. The summed E-state index contributed by atoms with van der Waals surface area (Å²) in [7, 11) is -0.768. The van der Waals surface area contributed by atoms with Crippen molar-refractivity contribution in [3.8, 4) is 0 Å². The molecular weight excluding hydrogens is 257 g/mol. The van der Waals surface area contributed by atoms with Crippen LogP contribution < -0.4 is 5.32 Å². The lowest BCUT2D eigenvalue weighted by molar-refractivity contribution is 0.0693. The van der Waals surface area contributed by atoms with Crippen LogP contribution in [0.25, 0.3) is 0 Å². The van der Waals surface area contributed by atoms with Crippen LogP contribution in [0.5, 0.6) is 0 Å². The Morgan fingerprint density at radius 1 is 1.39 bits per heavy atom. The normalized spacial score (nSPS) is 23.6. The maximum Gasteiger partial charge on any atom is 0.340 e. The smallest absolute Gasteiger partial charge is 0.340 e. The zero-order valence-corrected chi connectivity index (χ0v) is 10.5. The zero-order valence-electron chi connectivity index (χ0n) is 9.69. The van der Waals surface area contributed by atoms with Crippen LogP contribution in [-0.2, 0) is 10.8 Å². The van der Waals surface area contributed by atoms with Crippen LogP contribution in [0.4, 0.5) is 10.1 Å². The number of hydrogen-bond donors (Lipinski definition) is 2. The molecule has 0 aromatic heterocycles. The number of carboxylic acids is 1. The predicted molar refractivity (Wildman–Crippen MR) is 67.9 cm³/mol. The molecule has 98 valence electrons. The first-order chi connectivity index (χ1) is 8.58. The van der Waals surface area contributed by atoms with Gasteiger partial charge >= 0.3 is 5.97 Å². The highest BCUT2D eigenvalue weighted by Crippen LogP contribution is 2.22. The van der Waals surface area contributed by atoms with E-state index in [4.69, 9.17) is 5.11 Å². The summed E-state index contributed by atoms with van der Waals surface area (Å²) in [6.07, 6.45) is 1.42. The van der Waals surface area contributed by atoms with Gasteiger partial charge < -0.3 is 10.4 Å². The van der Waals surface area contributed by atoms with Crippen molar-refractivity contribution < 1.29 is 18.5 Å². The second-order valence-electron chi connectivity index (χ2n) is 4.23. The zero-order chi connectivity index (χ0) is 13.1. The third kappa shape index (κ3) is 2.87. The molecule has 0 spiro atoms. The predicted octanol–water partition coefficient (Wildman–Crippen LogP) is 1.85. The molecule has 0 aliphatic carbocycles. The molecule has 1 heterocycles.